The summed E-state index contributed by atoms with van der Waals surface area (Å²) >= 11 is 0. The van der Waals surface area contributed by atoms with E-state index in [2.05, 4.69) is 11.4 Å². The van der Waals surface area contributed by atoms with E-state index in [1.807, 2.05) is 30.3 Å². The van der Waals surface area contributed by atoms with Gasteiger partial charge in [0.15, 0.2) is 0 Å². The molecule has 0 fully saturated rings. The van der Waals surface area contributed by atoms with Crippen LogP contribution >= 0.6 is 0 Å². The number of nitrogens with one attached hydrogen (secondary N) is 1. The number of benzene rings is 2. The molecule has 0 saturated heterocycles. The molecule has 0 bridgehead atoms. The molecule has 0 aliphatic rings. The molecule has 114 valence electrons. The zero-order valence-corrected chi connectivity index (χ0v) is 12.4. The lowest BCUT2D eigenvalue weighted by molar-refractivity contribution is 0.312. The fraction of sp³-hybridized carbons (Fsp3) is 0.278. The van der Waals surface area contributed by atoms with Crippen LogP contribution in [-0.2, 0) is 13.1 Å². The summed E-state index contributed by atoms with van der Waals surface area (Å²) in [5.74, 6) is 0.593. The second-order valence-electron chi connectivity index (χ2n) is 4.99. The van der Waals surface area contributed by atoms with Crippen molar-refractivity contribution < 1.29 is 9.13 Å². The van der Waals surface area contributed by atoms with Crippen LogP contribution < -0.4 is 10.1 Å². The Morgan fingerprint density at radius 2 is 1.77 bits per heavy atom. The summed E-state index contributed by atoms with van der Waals surface area (Å²) in [6.07, 6.45) is 1.24. The number of nitrogens with zero attached hydrogens (tertiary/aromatic N) is 1. The van der Waals surface area contributed by atoms with E-state index in [1.54, 1.807) is 6.07 Å². The predicted octanol–water partition coefficient (Wildman–Crippen LogP) is 3.80. The van der Waals surface area contributed by atoms with E-state index >= 15 is 0 Å². The molecule has 2 aromatic rings. The standard InChI is InChI=1S/C18H19FN2O/c19-17-7-3-5-15(11-17)13-21-14-16-6-4-8-18(12-16)22-10-2-1-9-20/h3-8,11-12,21H,1-2,10,13-14H2. The van der Waals surface area contributed by atoms with Gasteiger partial charge in [-0.05, 0) is 41.8 Å². The molecule has 0 radical (unpaired) electrons. The average Bonchev–Trinajstić information content (AvgIpc) is 2.52. The van der Waals surface area contributed by atoms with Gasteiger partial charge in [-0.2, -0.15) is 5.26 Å². The van der Waals surface area contributed by atoms with Crippen LogP contribution in [0.4, 0.5) is 4.39 Å². The first-order valence-corrected chi connectivity index (χ1v) is 7.32. The lowest BCUT2D eigenvalue weighted by Gasteiger charge is -2.08. The number of hydrogen-bond donors (Lipinski definition) is 1. The van der Waals surface area contributed by atoms with Crippen molar-refractivity contribution in [1.82, 2.24) is 5.32 Å². The van der Waals surface area contributed by atoms with Crippen LogP contribution in [0.5, 0.6) is 5.75 Å². The third kappa shape index (κ3) is 5.55. The number of rotatable bonds is 8. The van der Waals surface area contributed by atoms with Crippen molar-refractivity contribution in [3.8, 4) is 11.8 Å². The van der Waals surface area contributed by atoms with Gasteiger partial charge >= 0.3 is 0 Å². The largest absolute Gasteiger partial charge is 0.494 e. The van der Waals surface area contributed by atoms with E-state index in [0.717, 1.165) is 23.3 Å². The third-order valence-electron chi connectivity index (χ3n) is 3.15. The molecule has 2 rings (SSSR count). The maximum absolute atomic E-state index is 13.1. The zero-order valence-electron chi connectivity index (χ0n) is 12.4. The van der Waals surface area contributed by atoms with Crippen LogP contribution in [0.3, 0.4) is 0 Å². The molecular weight excluding hydrogens is 279 g/mol. The van der Waals surface area contributed by atoms with Crippen molar-refractivity contribution >= 4 is 0 Å². The molecule has 3 nitrogen and oxygen atoms in total. The van der Waals surface area contributed by atoms with Gasteiger partial charge in [0, 0.05) is 19.5 Å². The highest BCUT2D eigenvalue weighted by molar-refractivity contribution is 5.28. The average molecular weight is 298 g/mol. The molecule has 0 heterocycles. The number of nitriles is 1. The van der Waals surface area contributed by atoms with Crippen LogP contribution in [0, 0.1) is 17.1 Å². The Hall–Kier alpha value is -2.38. The summed E-state index contributed by atoms with van der Waals surface area (Å²) in [7, 11) is 0. The second kappa shape index (κ2) is 8.81. The monoisotopic (exact) mass is 298 g/mol. The SMILES string of the molecule is N#CCCCOc1cccc(CNCc2cccc(F)c2)c1. The maximum Gasteiger partial charge on any atom is 0.123 e. The Morgan fingerprint density at radius 3 is 2.50 bits per heavy atom. The summed E-state index contributed by atoms with van der Waals surface area (Å²) in [5, 5.41) is 11.8. The molecule has 0 amide bonds. The van der Waals surface area contributed by atoms with Crippen molar-refractivity contribution in [3.63, 3.8) is 0 Å². The zero-order chi connectivity index (χ0) is 15.6. The minimum absolute atomic E-state index is 0.216. The van der Waals surface area contributed by atoms with Crippen LogP contribution in [0.1, 0.15) is 24.0 Å². The molecule has 4 heteroatoms. The Bertz CT molecular complexity index is 637. The Kier molecular flexibility index (Phi) is 6.40. The van der Waals surface area contributed by atoms with Crippen molar-refractivity contribution in [1.29, 1.82) is 5.26 Å². The predicted molar refractivity (Wildman–Crippen MR) is 83.7 cm³/mol. The second-order valence-corrected chi connectivity index (χ2v) is 4.99. The summed E-state index contributed by atoms with van der Waals surface area (Å²) in [5.41, 5.74) is 2.03. The molecule has 0 aliphatic carbocycles. The number of hydrogen-bond acceptors (Lipinski definition) is 3. The highest BCUT2D eigenvalue weighted by atomic mass is 19.1. The molecule has 0 aromatic heterocycles. The van der Waals surface area contributed by atoms with Crippen molar-refractivity contribution in [2.24, 2.45) is 0 Å². The van der Waals surface area contributed by atoms with Gasteiger partial charge in [-0.3, -0.25) is 0 Å². The molecule has 0 saturated carbocycles. The molecule has 22 heavy (non-hydrogen) atoms. The van der Waals surface area contributed by atoms with E-state index < -0.39 is 0 Å². The van der Waals surface area contributed by atoms with Crippen LogP contribution in [-0.4, -0.2) is 6.61 Å². The van der Waals surface area contributed by atoms with Gasteiger partial charge in [-0.25, -0.2) is 4.39 Å². The lowest BCUT2D eigenvalue weighted by atomic mass is 10.2. The minimum atomic E-state index is -0.216. The summed E-state index contributed by atoms with van der Waals surface area (Å²) in [6, 6.07) is 16.5. The van der Waals surface area contributed by atoms with Crippen molar-refractivity contribution in [3.05, 3.63) is 65.5 Å². The molecule has 0 aliphatic heterocycles. The lowest BCUT2D eigenvalue weighted by Crippen LogP contribution is -2.12. The van der Waals surface area contributed by atoms with Crippen LogP contribution in [0.15, 0.2) is 48.5 Å². The molecular formula is C18H19FN2O. The smallest absolute Gasteiger partial charge is 0.123 e. The van der Waals surface area contributed by atoms with Gasteiger partial charge < -0.3 is 10.1 Å². The molecule has 0 atom stereocenters. The van der Waals surface area contributed by atoms with Crippen molar-refractivity contribution in [2.75, 3.05) is 6.61 Å². The summed E-state index contributed by atoms with van der Waals surface area (Å²) in [6.45, 7) is 1.85. The Labute approximate surface area is 130 Å². The van der Waals surface area contributed by atoms with E-state index in [4.69, 9.17) is 10.00 Å². The van der Waals surface area contributed by atoms with E-state index in [9.17, 15) is 4.39 Å². The normalized spacial score (nSPS) is 10.2. The van der Waals surface area contributed by atoms with E-state index in [1.165, 1.54) is 12.1 Å². The maximum atomic E-state index is 13.1. The number of ether oxygens (including phenoxy) is 1. The van der Waals surface area contributed by atoms with Gasteiger partial charge in [0.05, 0.1) is 12.7 Å². The summed E-state index contributed by atoms with van der Waals surface area (Å²) < 4.78 is 18.7. The van der Waals surface area contributed by atoms with Gasteiger partial charge in [-0.15, -0.1) is 0 Å². The fourth-order valence-corrected chi connectivity index (χ4v) is 2.08. The Morgan fingerprint density at radius 1 is 1.05 bits per heavy atom. The van der Waals surface area contributed by atoms with E-state index in [0.29, 0.717) is 26.1 Å². The first-order chi connectivity index (χ1) is 10.8. The topological polar surface area (TPSA) is 45.0 Å². The van der Waals surface area contributed by atoms with E-state index in [-0.39, 0.29) is 5.82 Å². The van der Waals surface area contributed by atoms with Crippen molar-refractivity contribution in [2.45, 2.75) is 25.9 Å². The minimum Gasteiger partial charge on any atom is -0.494 e. The first kappa shape index (κ1) is 16.0. The molecule has 0 unspecified atom stereocenters. The van der Waals surface area contributed by atoms with Gasteiger partial charge in [-0.1, -0.05) is 24.3 Å². The van der Waals surface area contributed by atoms with Gasteiger partial charge in [0.1, 0.15) is 11.6 Å². The quantitative estimate of drug-likeness (QED) is 0.754. The molecule has 2 aromatic carbocycles. The first-order valence-electron chi connectivity index (χ1n) is 7.32. The highest BCUT2D eigenvalue weighted by Gasteiger charge is 1.99. The van der Waals surface area contributed by atoms with Gasteiger partial charge in [0.2, 0.25) is 0 Å². The highest BCUT2D eigenvalue weighted by Crippen LogP contribution is 2.14. The molecule has 0 spiro atoms. The fourth-order valence-electron chi connectivity index (χ4n) is 2.08. The van der Waals surface area contributed by atoms with Crippen LogP contribution in [0.2, 0.25) is 0 Å². The van der Waals surface area contributed by atoms with Gasteiger partial charge in [0.25, 0.3) is 0 Å². The number of halogens is 1. The summed E-state index contributed by atoms with van der Waals surface area (Å²) in [4.78, 5) is 0. The molecule has 1 N–H and O–H groups in total. The van der Waals surface area contributed by atoms with Crippen LogP contribution in [0.25, 0.3) is 0 Å². The third-order valence-corrected chi connectivity index (χ3v) is 3.15. The number of unbranched alkanes of at least 4 members (excludes halogenated alkanes) is 1. The Balaban J connectivity index is 1.79.